The van der Waals surface area contributed by atoms with E-state index in [1.807, 2.05) is 32.9 Å². The zero-order chi connectivity index (χ0) is 24.8. The monoisotopic (exact) mass is 472 g/mol. The van der Waals surface area contributed by atoms with Gasteiger partial charge in [0.05, 0.1) is 23.9 Å². The van der Waals surface area contributed by atoms with Gasteiger partial charge >= 0.3 is 6.09 Å². The first-order chi connectivity index (χ1) is 16.8. The van der Waals surface area contributed by atoms with E-state index in [2.05, 4.69) is 26.3 Å². The third-order valence-electron chi connectivity index (χ3n) is 5.38. The second-order valence-corrected chi connectivity index (χ2v) is 9.25. The summed E-state index contributed by atoms with van der Waals surface area (Å²) in [7, 11) is 0. The molecule has 0 bridgehead atoms. The highest BCUT2D eigenvalue weighted by molar-refractivity contribution is 5.69. The molecule has 1 aliphatic rings. The van der Waals surface area contributed by atoms with Gasteiger partial charge in [0.2, 0.25) is 5.88 Å². The van der Waals surface area contributed by atoms with Crippen LogP contribution in [-0.2, 0) is 4.74 Å². The number of likely N-dealkylation sites (tertiary alicyclic amines) is 1. The Hall–Kier alpha value is -4.19. The summed E-state index contributed by atoms with van der Waals surface area (Å²) in [5.41, 5.74) is 1.27. The summed E-state index contributed by atoms with van der Waals surface area (Å²) in [5.74, 6) is 1.27. The molecular formula is C26H28N6O3. The smallest absolute Gasteiger partial charge is 0.410 e. The molecular weight excluding hydrogens is 444 g/mol. The van der Waals surface area contributed by atoms with E-state index in [9.17, 15) is 10.1 Å². The lowest BCUT2D eigenvalue weighted by Gasteiger charge is -2.29. The third-order valence-corrected chi connectivity index (χ3v) is 5.38. The minimum atomic E-state index is -0.549. The molecule has 9 nitrogen and oxygen atoms in total. The van der Waals surface area contributed by atoms with E-state index in [1.165, 1.54) is 0 Å². The summed E-state index contributed by atoms with van der Waals surface area (Å²) < 4.78 is 11.6. The third kappa shape index (κ3) is 6.23. The summed E-state index contributed by atoms with van der Waals surface area (Å²) in [6, 6.07) is 12.6. The predicted octanol–water partition coefficient (Wildman–Crippen LogP) is 5.01. The number of hydrogen-bond acceptors (Lipinski definition) is 8. The van der Waals surface area contributed by atoms with Crippen LogP contribution in [0, 0.1) is 11.3 Å². The Kier molecular flexibility index (Phi) is 7.11. The van der Waals surface area contributed by atoms with Crippen molar-refractivity contribution in [1.29, 1.82) is 5.26 Å². The molecule has 0 saturated carbocycles. The van der Waals surface area contributed by atoms with Crippen LogP contribution in [0.1, 0.15) is 39.2 Å². The quantitative estimate of drug-likeness (QED) is 0.532. The molecule has 35 heavy (non-hydrogen) atoms. The number of rotatable bonds is 6. The van der Waals surface area contributed by atoms with E-state index < -0.39 is 5.60 Å². The fourth-order valence-corrected chi connectivity index (χ4v) is 3.78. The van der Waals surface area contributed by atoms with Gasteiger partial charge in [0.25, 0.3) is 0 Å². The van der Waals surface area contributed by atoms with Crippen molar-refractivity contribution in [2.24, 2.45) is 0 Å². The molecule has 1 atom stereocenters. The average Bonchev–Trinajstić information content (AvgIpc) is 3.32. The summed E-state index contributed by atoms with van der Waals surface area (Å²) in [4.78, 5) is 27.6. The number of aromatic nitrogens is 3. The van der Waals surface area contributed by atoms with Crippen LogP contribution in [0.25, 0.3) is 11.4 Å². The number of anilines is 1. The van der Waals surface area contributed by atoms with Crippen molar-refractivity contribution < 1.29 is 14.3 Å². The Bertz CT molecular complexity index is 1220. The van der Waals surface area contributed by atoms with Gasteiger partial charge in [0.1, 0.15) is 17.0 Å². The van der Waals surface area contributed by atoms with Crippen molar-refractivity contribution in [3.05, 3.63) is 60.6 Å². The van der Waals surface area contributed by atoms with Gasteiger partial charge in [-0.2, -0.15) is 10.2 Å². The van der Waals surface area contributed by atoms with Gasteiger partial charge < -0.3 is 19.7 Å². The van der Waals surface area contributed by atoms with Crippen molar-refractivity contribution in [3.63, 3.8) is 0 Å². The number of nitrogens with one attached hydrogen (secondary N) is 1. The lowest BCUT2D eigenvalue weighted by Crippen LogP contribution is -2.42. The maximum Gasteiger partial charge on any atom is 0.410 e. The number of benzene rings is 1. The van der Waals surface area contributed by atoms with E-state index in [1.54, 1.807) is 47.8 Å². The first-order valence-corrected chi connectivity index (χ1v) is 11.5. The van der Waals surface area contributed by atoms with E-state index in [-0.39, 0.29) is 12.1 Å². The summed E-state index contributed by atoms with van der Waals surface area (Å²) in [6.45, 7) is 6.73. The van der Waals surface area contributed by atoms with Crippen molar-refractivity contribution in [2.75, 3.05) is 18.4 Å². The normalized spacial score (nSPS) is 15.4. The second-order valence-electron chi connectivity index (χ2n) is 9.25. The molecule has 0 radical (unpaired) electrons. The van der Waals surface area contributed by atoms with Crippen molar-refractivity contribution in [3.8, 4) is 29.1 Å². The molecule has 1 fully saturated rings. The Morgan fingerprint density at radius 2 is 2.11 bits per heavy atom. The van der Waals surface area contributed by atoms with Gasteiger partial charge in [-0.05, 0) is 63.9 Å². The highest BCUT2D eigenvalue weighted by Gasteiger charge is 2.32. The second kappa shape index (κ2) is 10.4. The predicted molar refractivity (Wildman–Crippen MR) is 131 cm³/mol. The number of amides is 1. The first kappa shape index (κ1) is 24.0. The summed E-state index contributed by atoms with van der Waals surface area (Å²) in [6.07, 6.45) is 6.48. The van der Waals surface area contributed by atoms with E-state index in [0.29, 0.717) is 41.8 Å². The van der Waals surface area contributed by atoms with E-state index in [4.69, 9.17) is 9.47 Å². The lowest BCUT2D eigenvalue weighted by molar-refractivity contribution is 0.0235. The van der Waals surface area contributed by atoms with Crippen LogP contribution in [0.3, 0.4) is 0 Å². The SMILES string of the molecule is CC(C)(C)OC(=O)N1CCCC1CNc1cnc(-c2cccnc2)nc1Oc1cccc(C#N)c1. The van der Waals surface area contributed by atoms with Gasteiger partial charge in [0, 0.05) is 31.0 Å². The number of hydrogen-bond donors (Lipinski definition) is 1. The fraction of sp³-hybridized carbons (Fsp3) is 0.346. The minimum Gasteiger partial charge on any atom is -0.444 e. The molecule has 1 saturated heterocycles. The first-order valence-electron chi connectivity index (χ1n) is 11.5. The van der Waals surface area contributed by atoms with Crippen LogP contribution in [0.15, 0.2) is 55.0 Å². The molecule has 2 aromatic heterocycles. The number of nitrogens with zero attached hydrogens (tertiary/aromatic N) is 5. The summed E-state index contributed by atoms with van der Waals surface area (Å²) >= 11 is 0. The number of carbonyl (C=O) groups excluding carboxylic acids is 1. The van der Waals surface area contributed by atoms with Crippen molar-refractivity contribution in [2.45, 2.75) is 45.3 Å². The molecule has 9 heteroatoms. The fourth-order valence-electron chi connectivity index (χ4n) is 3.78. The molecule has 1 aromatic carbocycles. The average molecular weight is 473 g/mol. The van der Waals surface area contributed by atoms with Crippen molar-refractivity contribution in [1.82, 2.24) is 19.9 Å². The van der Waals surface area contributed by atoms with Crippen LogP contribution >= 0.6 is 0 Å². The molecule has 3 heterocycles. The Morgan fingerprint density at radius 3 is 2.86 bits per heavy atom. The molecule has 1 unspecified atom stereocenters. The van der Waals surface area contributed by atoms with Gasteiger partial charge in [0.15, 0.2) is 5.82 Å². The van der Waals surface area contributed by atoms with Crippen LogP contribution in [0.5, 0.6) is 11.6 Å². The zero-order valence-electron chi connectivity index (χ0n) is 20.1. The molecule has 1 aliphatic heterocycles. The molecule has 3 aromatic rings. The molecule has 0 aliphatic carbocycles. The van der Waals surface area contributed by atoms with Gasteiger partial charge in [-0.25, -0.2) is 9.78 Å². The number of nitriles is 1. The van der Waals surface area contributed by atoms with Crippen LogP contribution in [0.2, 0.25) is 0 Å². The molecule has 1 N–H and O–H groups in total. The number of pyridine rings is 1. The van der Waals surface area contributed by atoms with Gasteiger partial charge in [-0.15, -0.1) is 0 Å². The van der Waals surface area contributed by atoms with Crippen LogP contribution < -0.4 is 10.1 Å². The Balaban J connectivity index is 1.56. The van der Waals surface area contributed by atoms with E-state index in [0.717, 1.165) is 18.4 Å². The molecule has 1 amide bonds. The largest absolute Gasteiger partial charge is 0.444 e. The summed E-state index contributed by atoms with van der Waals surface area (Å²) in [5, 5.41) is 12.6. The molecule has 4 rings (SSSR count). The lowest BCUT2D eigenvalue weighted by atomic mass is 10.2. The Morgan fingerprint density at radius 1 is 1.26 bits per heavy atom. The minimum absolute atomic E-state index is 0.0300. The molecule has 0 spiro atoms. The highest BCUT2D eigenvalue weighted by atomic mass is 16.6. The van der Waals surface area contributed by atoms with Gasteiger partial charge in [-0.1, -0.05) is 6.07 Å². The number of carbonyl (C=O) groups is 1. The maximum absolute atomic E-state index is 12.6. The molecule has 180 valence electrons. The Labute approximate surface area is 204 Å². The number of ether oxygens (including phenoxy) is 2. The standard InChI is InChI=1S/C26H28N6O3/c1-26(2,3)35-25(33)32-12-6-9-20(32)16-29-22-17-30-23(19-8-5-11-28-15-19)31-24(22)34-21-10-4-7-18(13-21)14-27/h4-5,7-8,10-11,13,15,17,20,29H,6,9,12,16H2,1-3H3. The highest BCUT2D eigenvalue weighted by Crippen LogP contribution is 2.30. The van der Waals surface area contributed by atoms with Gasteiger partial charge in [-0.3, -0.25) is 4.98 Å². The maximum atomic E-state index is 12.6. The van der Waals surface area contributed by atoms with Crippen molar-refractivity contribution >= 4 is 11.8 Å². The zero-order valence-corrected chi connectivity index (χ0v) is 20.1. The topological polar surface area (TPSA) is 113 Å². The van der Waals surface area contributed by atoms with Crippen LogP contribution in [-0.4, -0.2) is 50.7 Å². The van der Waals surface area contributed by atoms with E-state index >= 15 is 0 Å². The van der Waals surface area contributed by atoms with Crippen LogP contribution in [0.4, 0.5) is 10.5 Å².